The molecule has 108 valence electrons. The number of aliphatic hydroxyl groups excluding tert-OH is 1. The number of aromatic amines is 1. The van der Waals surface area contributed by atoms with Crippen molar-refractivity contribution in [1.82, 2.24) is 19.8 Å². The smallest absolute Gasteiger partial charge is 0.244 e. The molecule has 19 heavy (non-hydrogen) atoms. The number of hydrogen-bond acceptors (Lipinski definition) is 5. The number of hydrogen-bond donors (Lipinski definition) is 3. The quantitative estimate of drug-likeness (QED) is 0.674. The zero-order valence-corrected chi connectivity index (χ0v) is 12.0. The number of sulfonamides is 1. The Morgan fingerprint density at radius 2 is 2.32 bits per heavy atom. The molecule has 0 aliphatic carbocycles. The van der Waals surface area contributed by atoms with Crippen LogP contribution in [0.1, 0.15) is 17.8 Å². The van der Waals surface area contributed by atoms with Crippen LogP contribution in [0.2, 0.25) is 0 Å². The summed E-state index contributed by atoms with van der Waals surface area (Å²) >= 11 is 0. The lowest BCUT2D eigenvalue weighted by molar-refractivity contribution is 0.273. The Kier molecular flexibility index (Phi) is 4.24. The van der Waals surface area contributed by atoms with E-state index in [0.29, 0.717) is 18.2 Å². The second kappa shape index (κ2) is 5.58. The Morgan fingerprint density at radius 1 is 1.58 bits per heavy atom. The van der Waals surface area contributed by atoms with Gasteiger partial charge >= 0.3 is 0 Å². The van der Waals surface area contributed by atoms with Crippen molar-refractivity contribution in [2.45, 2.75) is 24.8 Å². The van der Waals surface area contributed by atoms with Crippen molar-refractivity contribution in [1.29, 1.82) is 0 Å². The van der Waals surface area contributed by atoms with E-state index in [9.17, 15) is 8.42 Å². The van der Waals surface area contributed by atoms with Crippen LogP contribution in [0.4, 0.5) is 0 Å². The Labute approximate surface area is 113 Å². The topological polar surface area (TPSA) is 98.3 Å². The lowest BCUT2D eigenvalue weighted by Gasteiger charge is -2.12. The zero-order valence-electron chi connectivity index (χ0n) is 11.2. The van der Waals surface area contributed by atoms with Crippen molar-refractivity contribution in [3.8, 4) is 0 Å². The maximum absolute atomic E-state index is 12.2. The molecule has 2 heterocycles. The monoisotopic (exact) mass is 288 g/mol. The highest BCUT2D eigenvalue weighted by Crippen LogP contribution is 2.19. The molecule has 1 saturated heterocycles. The van der Waals surface area contributed by atoms with Crippen molar-refractivity contribution in [2.75, 3.05) is 26.7 Å². The molecule has 3 N–H and O–H groups in total. The Bertz CT molecular complexity index is 540. The molecule has 8 heteroatoms. The highest BCUT2D eigenvalue weighted by atomic mass is 32.2. The van der Waals surface area contributed by atoms with Gasteiger partial charge in [-0.2, -0.15) is 5.10 Å². The van der Waals surface area contributed by atoms with Crippen molar-refractivity contribution in [3.63, 3.8) is 0 Å². The highest BCUT2D eigenvalue weighted by Gasteiger charge is 2.26. The minimum absolute atomic E-state index is 0.0707. The van der Waals surface area contributed by atoms with Crippen LogP contribution in [-0.4, -0.2) is 55.3 Å². The summed E-state index contributed by atoms with van der Waals surface area (Å²) in [6.07, 6.45) is 0.996. The summed E-state index contributed by atoms with van der Waals surface area (Å²) in [4.78, 5) is 2.25. The van der Waals surface area contributed by atoms with Gasteiger partial charge < -0.3 is 10.0 Å². The third-order valence-electron chi connectivity index (χ3n) is 3.43. The summed E-state index contributed by atoms with van der Waals surface area (Å²) in [7, 11) is -1.59. The molecule has 1 unspecified atom stereocenters. The van der Waals surface area contributed by atoms with E-state index in [1.54, 1.807) is 6.92 Å². The average Bonchev–Trinajstić information content (AvgIpc) is 2.93. The Hall–Kier alpha value is -0.960. The van der Waals surface area contributed by atoms with Crippen LogP contribution in [0.5, 0.6) is 0 Å². The number of nitrogens with zero attached hydrogens (tertiary/aromatic N) is 2. The minimum atomic E-state index is -3.62. The molecule has 1 aliphatic rings. The van der Waals surface area contributed by atoms with E-state index in [4.69, 9.17) is 5.11 Å². The Balaban J connectivity index is 2.08. The third-order valence-corrected chi connectivity index (χ3v) is 5.06. The van der Waals surface area contributed by atoms with E-state index in [-0.39, 0.29) is 10.6 Å². The van der Waals surface area contributed by atoms with Crippen LogP contribution in [0.15, 0.2) is 4.90 Å². The van der Waals surface area contributed by atoms with E-state index in [0.717, 1.165) is 19.5 Å². The lowest BCUT2D eigenvalue weighted by atomic mass is 10.1. The number of nitrogens with one attached hydrogen (secondary N) is 2. The van der Waals surface area contributed by atoms with Crippen LogP contribution < -0.4 is 4.72 Å². The van der Waals surface area contributed by atoms with Crippen LogP contribution in [0, 0.1) is 12.8 Å². The summed E-state index contributed by atoms with van der Waals surface area (Å²) in [6.45, 7) is 3.55. The number of aromatic nitrogens is 2. The fourth-order valence-electron chi connectivity index (χ4n) is 2.43. The molecule has 0 saturated carbocycles. The van der Waals surface area contributed by atoms with Crippen LogP contribution in [-0.2, 0) is 16.6 Å². The lowest BCUT2D eigenvalue weighted by Crippen LogP contribution is -2.31. The molecule has 0 aromatic carbocycles. The summed E-state index contributed by atoms with van der Waals surface area (Å²) < 4.78 is 27.1. The first-order chi connectivity index (χ1) is 8.94. The molecule has 1 aliphatic heterocycles. The van der Waals surface area contributed by atoms with Crippen molar-refractivity contribution in [3.05, 3.63) is 11.4 Å². The number of H-pyrrole nitrogens is 1. The molecule has 0 spiro atoms. The molecule has 1 aromatic rings. The molecule has 7 nitrogen and oxygen atoms in total. The molecule has 1 atom stereocenters. The van der Waals surface area contributed by atoms with Crippen LogP contribution in [0.3, 0.4) is 0 Å². The van der Waals surface area contributed by atoms with Crippen molar-refractivity contribution < 1.29 is 13.5 Å². The van der Waals surface area contributed by atoms with Gasteiger partial charge in [0.25, 0.3) is 0 Å². The van der Waals surface area contributed by atoms with Gasteiger partial charge in [0.15, 0.2) is 0 Å². The number of likely N-dealkylation sites (tertiary alicyclic amines) is 1. The van der Waals surface area contributed by atoms with Gasteiger partial charge in [-0.25, -0.2) is 13.1 Å². The Morgan fingerprint density at radius 3 is 2.89 bits per heavy atom. The number of aryl methyl sites for hydroxylation is 1. The standard InChI is InChI=1S/C11H20N4O3S/c1-8-11(10(7-16)14-13-8)19(17,18)12-5-9-3-4-15(2)6-9/h9,12,16H,3-7H2,1-2H3,(H,13,14). The highest BCUT2D eigenvalue weighted by molar-refractivity contribution is 7.89. The number of rotatable bonds is 5. The van der Waals surface area contributed by atoms with Gasteiger partial charge in [-0.05, 0) is 32.9 Å². The molecular weight excluding hydrogens is 268 g/mol. The van der Waals surface area contributed by atoms with E-state index < -0.39 is 16.6 Å². The van der Waals surface area contributed by atoms with E-state index in [1.807, 2.05) is 7.05 Å². The predicted octanol–water partition coefficient (Wildman–Crippen LogP) is -0.560. The van der Waals surface area contributed by atoms with Gasteiger partial charge in [-0.15, -0.1) is 0 Å². The van der Waals surface area contributed by atoms with Gasteiger partial charge in [0.2, 0.25) is 10.0 Å². The fraction of sp³-hybridized carbons (Fsp3) is 0.727. The number of aliphatic hydroxyl groups is 1. The summed E-state index contributed by atoms with van der Waals surface area (Å²) in [6, 6.07) is 0. The van der Waals surface area contributed by atoms with Crippen LogP contribution >= 0.6 is 0 Å². The van der Waals surface area contributed by atoms with Gasteiger partial charge in [-0.3, -0.25) is 5.10 Å². The van der Waals surface area contributed by atoms with Crippen molar-refractivity contribution in [2.24, 2.45) is 5.92 Å². The minimum Gasteiger partial charge on any atom is -0.390 e. The average molecular weight is 288 g/mol. The predicted molar refractivity (Wildman–Crippen MR) is 70.0 cm³/mol. The molecular formula is C11H20N4O3S. The van der Waals surface area contributed by atoms with Crippen molar-refractivity contribution >= 4 is 10.0 Å². The second-order valence-electron chi connectivity index (χ2n) is 5.05. The molecule has 1 aromatic heterocycles. The molecule has 0 amide bonds. The van der Waals surface area contributed by atoms with Gasteiger partial charge in [0, 0.05) is 13.1 Å². The van der Waals surface area contributed by atoms with E-state index >= 15 is 0 Å². The zero-order chi connectivity index (χ0) is 14.0. The first-order valence-electron chi connectivity index (χ1n) is 6.27. The summed E-state index contributed by atoms with van der Waals surface area (Å²) in [5.41, 5.74) is 0.605. The molecule has 2 rings (SSSR count). The first-order valence-corrected chi connectivity index (χ1v) is 7.75. The largest absolute Gasteiger partial charge is 0.390 e. The summed E-state index contributed by atoms with van der Waals surface area (Å²) in [5.74, 6) is 0.338. The SMILES string of the molecule is Cc1[nH]nc(CO)c1S(=O)(=O)NCC1CCN(C)C1. The molecule has 0 bridgehead atoms. The van der Waals surface area contributed by atoms with Gasteiger partial charge in [0.1, 0.15) is 10.6 Å². The first kappa shape index (κ1) is 14.4. The van der Waals surface area contributed by atoms with Gasteiger partial charge in [0.05, 0.1) is 12.3 Å². The van der Waals surface area contributed by atoms with Crippen LogP contribution in [0.25, 0.3) is 0 Å². The maximum Gasteiger partial charge on any atom is 0.244 e. The third kappa shape index (κ3) is 3.14. The normalized spacial score (nSPS) is 21.1. The molecule has 1 fully saturated rings. The summed E-state index contributed by atoms with van der Waals surface area (Å²) in [5, 5.41) is 15.5. The maximum atomic E-state index is 12.2. The van der Waals surface area contributed by atoms with E-state index in [2.05, 4.69) is 19.8 Å². The molecule has 0 radical (unpaired) electrons. The fourth-order valence-corrected chi connectivity index (χ4v) is 3.89. The van der Waals surface area contributed by atoms with Gasteiger partial charge in [-0.1, -0.05) is 0 Å². The second-order valence-corrected chi connectivity index (χ2v) is 6.76. The van der Waals surface area contributed by atoms with E-state index in [1.165, 1.54) is 0 Å².